The number of ether oxygens (including phenoxy) is 2. The first-order valence-corrected chi connectivity index (χ1v) is 6.82. The Morgan fingerprint density at radius 2 is 1.68 bits per heavy atom. The second kappa shape index (κ2) is 6.56. The van der Waals surface area contributed by atoms with E-state index in [-0.39, 0.29) is 5.97 Å². The minimum atomic E-state index is -0.329. The summed E-state index contributed by atoms with van der Waals surface area (Å²) in [5, 5.41) is 0. The molecule has 4 heteroatoms. The van der Waals surface area contributed by atoms with Crippen molar-refractivity contribution in [1.29, 1.82) is 0 Å². The highest BCUT2D eigenvalue weighted by Crippen LogP contribution is 2.15. The molecule has 3 nitrogen and oxygen atoms in total. The fraction of sp³-hybridized carbons (Fsp3) is 0.133. The minimum absolute atomic E-state index is 0.329. The van der Waals surface area contributed by atoms with Crippen molar-refractivity contribution >= 4 is 28.6 Å². The Hall–Kier alpha value is -1.56. The zero-order chi connectivity index (χ0) is 13.7. The Balaban J connectivity index is 1.96. The first kappa shape index (κ1) is 13.9. The lowest BCUT2D eigenvalue weighted by Crippen LogP contribution is -2.01. The highest BCUT2D eigenvalue weighted by molar-refractivity contribution is 14.1. The Labute approximate surface area is 125 Å². The van der Waals surface area contributed by atoms with E-state index >= 15 is 0 Å². The molecule has 0 saturated heterocycles. The molecule has 0 spiro atoms. The smallest absolute Gasteiger partial charge is 0.337 e. The molecule has 2 aromatic carbocycles. The van der Waals surface area contributed by atoms with Crippen molar-refractivity contribution in [3.63, 3.8) is 0 Å². The third-order valence-electron chi connectivity index (χ3n) is 2.59. The number of esters is 1. The molecule has 0 aliphatic carbocycles. The standard InChI is InChI=1S/C15H13IO3/c1-18-15(17)12-4-2-11(3-5-12)10-19-14-8-6-13(16)7-9-14/h2-9H,10H2,1H3. The van der Waals surface area contributed by atoms with Crippen molar-refractivity contribution in [1.82, 2.24) is 0 Å². The van der Waals surface area contributed by atoms with Gasteiger partial charge in [-0.3, -0.25) is 0 Å². The van der Waals surface area contributed by atoms with E-state index in [4.69, 9.17) is 4.74 Å². The molecule has 0 heterocycles. The summed E-state index contributed by atoms with van der Waals surface area (Å²) in [4.78, 5) is 11.3. The number of halogens is 1. The van der Waals surface area contributed by atoms with Crippen molar-refractivity contribution in [2.75, 3.05) is 7.11 Å². The van der Waals surface area contributed by atoms with E-state index in [0.29, 0.717) is 12.2 Å². The Kier molecular flexibility index (Phi) is 4.79. The molecule has 0 N–H and O–H groups in total. The Morgan fingerprint density at radius 1 is 1.05 bits per heavy atom. The number of methoxy groups -OCH3 is 1. The van der Waals surface area contributed by atoms with E-state index in [1.54, 1.807) is 12.1 Å². The molecule has 0 aliphatic heterocycles. The summed E-state index contributed by atoms with van der Waals surface area (Å²) in [5.41, 5.74) is 1.55. The first-order valence-electron chi connectivity index (χ1n) is 5.74. The molecule has 19 heavy (non-hydrogen) atoms. The SMILES string of the molecule is COC(=O)c1ccc(COc2ccc(I)cc2)cc1. The predicted octanol–water partition coefficient (Wildman–Crippen LogP) is 3.66. The summed E-state index contributed by atoms with van der Waals surface area (Å²) < 4.78 is 11.5. The van der Waals surface area contributed by atoms with Crippen LogP contribution in [0.1, 0.15) is 15.9 Å². The van der Waals surface area contributed by atoms with Crippen LogP contribution in [0.2, 0.25) is 0 Å². The quantitative estimate of drug-likeness (QED) is 0.611. The van der Waals surface area contributed by atoms with E-state index in [1.807, 2.05) is 36.4 Å². The van der Waals surface area contributed by atoms with E-state index < -0.39 is 0 Å². The van der Waals surface area contributed by atoms with Crippen LogP contribution in [0.3, 0.4) is 0 Å². The van der Waals surface area contributed by atoms with E-state index in [0.717, 1.165) is 11.3 Å². The fourth-order valence-corrected chi connectivity index (χ4v) is 1.91. The van der Waals surface area contributed by atoms with Gasteiger partial charge < -0.3 is 9.47 Å². The third-order valence-corrected chi connectivity index (χ3v) is 3.31. The maximum absolute atomic E-state index is 11.3. The molecule has 0 saturated carbocycles. The average Bonchev–Trinajstić information content (AvgIpc) is 2.46. The topological polar surface area (TPSA) is 35.5 Å². The number of hydrogen-bond donors (Lipinski definition) is 0. The van der Waals surface area contributed by atoms with Gasteiger partial charge in [0.2, 0.25) is 0 Å². The average molecular weight is 368 g/mol. The van der Waals surface area contributed by atoms with E-state index in [9.17, 15) is 4.79 Å². The largest absolute Gasteiger partial charge is 0.489 e. The van der Waals surface area contributed by atoms with Gasteiger partial charge in [-0.15, -0.1) is 0 Å². The number of carbonyl (C=O) groups is 1. The predicted molar refractivity (Wildman–Crippen MR) is 81.3 cm³/mol. The number of carbonyl (C=O) groups excluding carboxylic acids is 1. The van der Waals surface area contributed by atoms with Gasteiger partial charge in [-0.25, -0.2) is 4.79 Å². The number of rotatable bonds is 4. The zero-order valence-corrected chi connectivity index (χ0v) is 12.6. The van der Waals surface area contributed by atoms with Crippen molar-refractivity contribution in [2.24, 2.45) is 0 Å². The van der Waals surface area contributed by atoms with Crippen molar-refractivity contribution in [3.8, 4) is 5.75 Å². The van der Waals surface area contributed by atoms with Crippen LogP contribution in [-0.4, -0.2) is 13.1 Å². The second-order valence-corrected chi connectivity index (χ2v) is 5.18. The van der Waals surface area contributed by atoms with Gasteiger partial charge in [0, 0.05) is 3.57 Å². The molecule has 2 aromatic rings. The van der Waals surface area contributed by atoms with Gasteiger partial charge in [-0.1, -0.05) is 12.1 Å². The first-order chi connectivity index (χ1) is 9.19. The normalized spacial score (nSPS) is 10.0. The van der Waals surface area contributed by atoms with Gasteiger partial charge in [-0.2, -0.15) is 0 Å². The molecule has 0 aromatic heterocycles. The summed E-state index contributed by atoms with van der Waals surface area (Å²) in [7, 11) is 1.37. The molecule has 0 bridgehead atoms. The van der Waals surface area contributed by atoms with Crippen LogP contribution in [0.4, 0.5) is 0 Å². The highest BCUT2D eigenvalue weighted by Gasteiger charge is 2.04. The minimum Gasteiger partial charge on any atom is -0.489 e. The van der Waals surface area contributed by atoms with Crippen LogP contribution >= 0.6 is 22.6 Å². The van der Waals surface area contributed by atoms with Crippen molar-refractivity contribution < 1.29 is 14.3 Å². The van der Waals surface area contributed by atoms with Gasteiger partial charge >= 0.3 is 5.97 Å². The van der Waals surface area contributed by atoms with Crippen LogP contribution in [0, 0.1) is 3.57 Å². The van der Waals surface area contributed by atoms with Gasteiger partial charge in [0.05, 0.1) is 12.7 Å². The van der Waals surface area contributed by atoms with Crippen LogP contribution in [0.15, 0.2) is 48.5 Å². The van der Waals surface area contributed by atoms with Crippen molar-refractivity contribution in [3.05, 3.63) is 63.2 Å². The number of hydrogen-bond acceptors (Lipinski definition) is 3. The van der Waals surface area contributed by atoms with E-state index in [2.05, 4.69) is 27.3 Å². The third kappa shape index (κ3) is 3.96. The molecule has 0 unspecified atom stereocenters. The lowest BCUT2D eigenvalue weighted by Gasteiger charge is -2.07. The lowest BCUT2D eigenvalue weighted by molar-refractivity contribution is 0.0600. The molecule has 0 aliphatic rings. The Morgan fingerprint density at radius 3 is 2.26 bits per heavy atom. The molecular formula is C15H13IO3. The van der Waals surface area contributed by atoms with Gasteiger partial charge in [0.15, 0.2) is 0 Å². The zero-order valence-electron chi connectivity index (χ0n) is 10.4. The fourth-order valence-electron chi connectivity index (χ4n) is 1.55. The monoisotopic (exact) mass is 368 g/mol. The maximum atomic E-state index is 11.3. The van der Waals surface area contributed by atoms with Crippen LogP contribution in [-0.2, 0) is 11.3 Å². The molecular weight excluding hydrogens is 355 g/mol. The summed E-state index contributed by atoms with van der Waals surface area (Å²) in [6.45, 7) is 0.474. The summed E-state index contributed by atoms with van der Waals surface area (Å²) in [6, 6.07) is 15.1. The number of benzene rings is 2. The van der Waals surface area contributed by atoms with Crippen LogP contribution in [0.5, 0.6) is 5.75 Å². The van der Waals surface area contributed by atoms with Crippen LogP contribution < -0.4 is 4.74 Å². The van der Waals surface area contributed by atoms with Crippen LogP contribution in [0.25, 0.3) is 0 Å². The molecule has 98 valence electrons. The molecule has 0 fully saturated rings. The van der Waals surface area contributed by atoms with Gasteiger partial charge in [0.25, 0.3) is 0 Å². The summed E-state index contributed by atoms with van der Waals surface area (Å²) >= 11 is 2.25. The summed E-state index contributed by atoms with van der Waals surface area (Å²) in [6.07, 6.45) is 0. The van der Waals surface area contributed by atoms with Crippen molar-refractivity contribution in [2.45, 2.75) is 6.61 Å². The van der Waals surface area contributed by atoms with E-state index in [1.165, 1.54) is 10.7 Å². The molecule has 0 atom stereocenters. The molecule has 2 rings (SSSR count). The maximum Gasteiger partial charge on any atom is 0.337 e. The second-order valence-electron chi connectivity index (χ2n) is 3.93. The molecule has 0 radical (unpaired) electrons. The van der Waals surface area contributed by atoms with Gasteiger partial charge in [-0.05, 0) is 64.6 Å². The highest BCUT2D eigenvalue weighted by atomic mass is 127. The Bertz CT molecular complexity index is 547. The summed E-state index contributed by atoms with van der Waals surface area (Å²) in [5.74, 6) is 0.502. The lowest BCUT2D eigenvalue weighted by atomic mass is 10.1. The van der Waals surface area contributed by atoms with Gasteiger partial charge in [0.1, 0.15) is 12.4 Å². The molecule has 0 amide bonds.